The zero-order valence-electron chi connectivity index (χ0n) is 10.4. The van der Waals surface area contributed by atoms with Crippen LogP contribution in [0.15, 0.2) is 20.4 Å². The summed E-state index contributed by atoms with van der Waals surface area (Å²) >= 11 is 0. The van der Waals surface area contributed by atoms with Gasteiger partial charge in [0.15, 0.2) is 0 Å². The molecule has 0 heterocycles. The molecule has 15 heavy (non-hydrogen) atoms. The van der Waals surface area contributed by atoms with Crippen LogP contribution in [-0.2, 0) is 0 Å². The van der Waals surface area contributed by atoms with Gasteiger partial charge in [0.2, 0.25) is 0 Å². The van der Waals surface area contributed by atoms with Crippen LogP contribution in [0.3, 0.4) is 0 Å². The average molecular weight is 208 g/mol. The Balaban J connectivity index is 4.43. The van der Waals surface area contributed by atoms with Crippen molar-refractivity contribution in [2.45, 2.75) is 41.5 Å². The van der Waals surface area contributed by atoms with Crippen molar-refractivity contribution in [2.75, 3.05) is 0 Å². The summed E-state index contributed by atoms with van der Waals surface area (Å²) in [5.74, 6) is 0. The van der Waals surface area contributed by atoms with E-state index in [-0.39, 0.29) is 5.41 Å². The minimum absolute atomic E-state index is 0.224. The van der Waals surface area contributed by atoms with Crippen LogP contribution in [0, 0.1) is 5.41 Å². The SMILES string of the molecule is CC(C)=NN=CC(C)(C)C=NN=C(C)C. The van der Waals surface area contributed by atoms with Crippen LogP contribution in [-0.4, -0.2) is 23.9 Å². The average Bonchev–Trinajstić information content (AvgIpc) is 2.01. The molecular weight excluding hydrogens is 188 g/mol. The van der Waals surface area contributed by atoms with Gasteiger partial charge in [-0.15, -0.1) is 0 Å². The molecule has 0 aliphatic rings. The molecule has 0 rings (SSSR count). The Morgan fingerprint density at radius 2 is 1.13 bits per heavy atom. The molecule has 0 aromatic rings. The summed E-state index contributed by atoms with van der Waals surface area (Å²) in [6, 6.07) is 0. The molecule has 0 bridgehead atoms. The van der Waals surface area contributed by atoms with E-state index in [1.165, 1.54) is 0 Å². The van der Waals surface area contributed by atoms with Gasteiger partial charge in [-0.05, 0) is 41.5 Å². The molecule has 0 amide bonds. The first-order valence-electron chi connectivity index (χ1n) is 4.94. The smallest absolute Gasteiger partial charge is 0.0390 e. The quantitative estimate of drug-likeness (QED) is 0.504. The number of nitrogens with zero attached hydrogens (tertiary/aromatic N) is 4. The highest BCUT2D eigenvalue weighted by Crippen LogP contribution is 2.08. The van der Waals surface area contributed by atoms with Crippen LogP contribution in [0.1, 0.15) is 41.5 Å². The lowest BCUT2D eigenvalue weighted by molar-refractivity contribution is 0.757. The van der Waals surface area contributed by atoms with Gasteiger partial charge in [-0.1, -0.05) is 0 Å². The van der Waals surface area contributed by atoms with Gasteiger partial charge >= 0.3 is 0 Å². The largest absolute Gasteiger partial charge is 0.163 e. The van der Waals surface area contributed by atoms with Gasteiger partial charge in [0.1, 0.15) is 0 Å². The van der Waals surface area contributed by atoms with Crippen molar-refractivity contribution in [3.05, 3.63) is 0 Å². The van der Waals surface area contributed by atoms with Gasteiger partial charge in [0, 0.05) is 29.3 Å². The predicted octanol–water partition coefficient (Wildman–Crippen LogP) is 2.95. The Hall–Kier alpha value is -1.32. The summed E-state index contributed by atoms with van der Waals surface area (Å²) < 4.78 is 0. The minimum atomic E-state index is -0.224. The maximum absolute atomic E-state index is 3.96. The minimum Gasteiger partial charge on any atom is -0.163 e. The molecule has 0 aromatic heterocycles. The second-order valence-corrected chi connectivity index (χ2v) is 4.40. The summed E-state index contributed by atoms with van der Waals surface area (Å²) in [6.07, 6.45) is 3.51. The van der Waals surface area contributed by atoms with E-state index in [2.05, 4.69) is 20.4 Å². The van der Waals surface area contributed by atoms with Crippen molar-refractivity contribution < 1.29 is 0 Å². The maximum atomic E-state index is 3.96. The molecule has 0 aromatic carbocycles. The van der Waals surface area contributed by atoms with Crippen molar-refractivity contribution in [3.63, 3.8) is 0 Å². The van der Waals surface area contributed by atoms with Gasteiger partial charge in [-0.25, -0.2) is 0 Å². The number of hydrogen-bond donors (Lipinski definition) is 0. The van der Waals surface area contributed by atoms with Crippen molar-refractivity contribution >= 4 is 23.9 Å². The first-order valence-corrected chi connectivity index (χ1v) is 4.94. The summed E-state index contributed by atoms with van der Waals surface area (Å²) in [6.45, 7) is 11.6. The summed E-state index contributed by atoms with van der Waals surface area (Å²) in [7, 11) is 0. The summed E-state index contributed by atoms with van der Waals surface area (Å²) in [5.41, 5.74) is 1.64. The Morgan fingerprint density at radius 3 is 1.40 bits per heavy atom. The van der Waals surface area contributed by atoms with E-state index in [1.807, 2.05) is 41.5 Å². The first-order chi connectivity index (χ1) is 6.83. The molecule has 0 aliphatic carbocycles. The standard InChI is InChI=1S/C11H20N4/c1-9(2)14-12-7-11(5,6)8-13-15-10(3)4/h7-8H,1-6H3. The molecule has 0 radical (unpaired) electrons. The van der Waals surface area contributed by atoms with Crippen molar-refractivity contribution in [1.29, 1.82) is 0 Å². The van der Waals surface area contributed by atoms with Crippen LogP contribution in [0.5, 0.6) is 0 Å². The second-order valence-electron chi connectivity index (χ2n) is 4.40. The molecular formula is C11H20N4. The van der Waals surface area contributed by atoms with E-state index >= 15 is 0 Å². The van der Waals surface area contributed by atoms with Crippen LogP contribution >= 0.6 is 0 Å². The zero-order valence-corrected chi connectivity index (χ0v) is 10.4. The molecule has 0 aliphatic heterocycles. The van der Waals surface area contributed by atoms with E-state index in [1.54, 1.807) is 12.4 Å². The van der Waals surface area contributed by atoms with Gasteiger partial charge < -0.3 is 0 Å². The second kappa shape index (κ2) is 6.22. The zero-order chi connectivity index (χ0) is 11.9. The third-order valence-electron chi connectivity index (χ3n) is 1.30. The number of hydrogen-bond acceptors (Lipinski definition) is 4. The predicted molar refractivity (Wildman–Crippen MR) is 68.3 cm³/mol. The van der Waals surface area contributed by atoms with Crippen molar-refractivity contribution in [1.82, 2.24) is 0 Å². The molecule has 0 saturated carbocycles. The molecule has 4 heteroatoms. The fourth-order valence-electron chi connectivity index (χ4n) is 0.620. The topological polar surface area (TPSA) is 49.4 Å². The van der Waals surface area contributed by atoms with E-state index in [9.17, 15) is 0 Å². The van der Waals surface area contributed by atoms with E-state index < -0.39 is 0 Å². The Bertz CT molecular complexity index is 271. The van der Waals surface area contributed by atoms with Crippen LogP contribution in [0.2, 0.25) is 0 Å². The van der Waals surface area contributed by atoms with Gasteiger partial charge in [-0.2, -0.15) is 20.4 Å². The van der Waals surface area contributed by atoms with Crippen LogP contribution in [0.25, 0.3) is 0 Å². The van der Waals surface area contributed by atoms with Crippen LogP contribution < -0.4 is 0 Å². The van der Waals surface area contributed by atoms with Crippen molar-refractivity contribution in [2.24, 2.45) is 25.8 Å². The highest BCUT2D eigenvalue weighted by atomic mass is 15.2. The molecule has 0 saturated heterocycles. The van der Waals surface area contributed by atoms with Gasteiger partial charge in [0.25, 0.3) is 0 Å². The molecule has 0 unspecified atom stereocenters. The van der Waals surface area contributed by atoms with E-state index in [0.29, 0.717) is 0 Å². The Labute approximate surface area is 91.9 Å². The maximum Gasteiger partial charge on any atom is 0.0390 e. The van der Waals surface area contributed by atoms with Crippen molar-refractivity contribution in [3.8, 4) is 0 Å². The lowest BCUT2D eigenvalue weighted by atomic mass is 9.98. The fraction of sp³-hybridized carbons (Fsp3) is 0.636. The molecule has 84 valence electrons. The third kappa shape index (κ3) is 9.00. The lowest BCUT2D eigenvalue weighted by Gasteiger charge is -2.09. The molecule has 0 atom stereocenters. The fourth-order valence-corrected chi connectivity index (χ4v) is 0.620. The van der Waals surface area contributed by atoms with E-state index in [0.717, 1.165) is 11.4 Å². The molecule has 4 nitrogen and oxygen atoms in total. The highest BCUT2D eigenvalue weighted by Gasteiger charge is 2.10. The molecule has 0 N–H and O–H groups in total. The van der Waals surface area contributed by atoms with Gasteiger partial charge in [-0.3, -0.25) is 0 Å². The highest BCUT2D eigenvalue weighted by molar-refractivity contribution is 5.89. The summed E-state index contributed by atoms with van der Waals surface area (Å²) in [4.78, 5) is 0. The van der Waals surface area contributed by atoms with E-state index in [4.69, 9.17) is 0 Å². The Morgan fingerprint density at radius 1 is 0.800 bits per heavy atom. The van der Waals surface area contributed by atoms with Crippen LogP contribution in [0.4, 0.5) is 0 Å². The number of rotatable bonds is 4. The monoisotopic (exact) mass is 208 g/mol. The van der Waals surface area contributed by atoms with Gasteiger partial charge in [0.05, 0.1) is 0 Å². The Kier molecular flexibility index (Phi) is 5.67. The summed E-state index contributed by atoms with van der Waals surface area (Å²) in [5, 5.41) is 15.8. The molecule has 0 fully saturated rings. The normalized spacial score (nSPS) is 12.1. The molecule has 0 spiro atoms. The first kappa shape index (κ1) is 13.7. The lowest BCUT2D eigenvalue weighted by Crippen LogP contribution is -2.14. The third-order valence-corrected chi connectivity index (χ3v) is 1.30.